The summed E-state index contributed by atoms with van der Waals surface area (Å²) in [6.07, 6.45) is 0.0550. The van der Waals surface area contributed by atoms with Crippen LogP contribution in [0.15, 0.2) is 53.9 Å². The number of aromatic nitrogens is 1. The summed E-state index contributed by atoms with van der Waals surface area (Å²) in [4.78, 5) is 28.3. The molecule has 1 heterocycles. The molecule has 0 radical (unpaired) electrons. The van der Waals surface area contributed by atoms with Crippen molar-refractivity contribution in [3.05, 3.63) is 76.8 Å². The van der Waals surface area contributed by atoms with E-state index in [9.17, 15) is 18.4 Å². The third kappa shape index (κ3) is 6.35. The molecular weight excluding hydrogens is 400 g/mol. The Kier molecular flexibility index (Phi) is 6.85. The fourth-order valence-corrected chi connectivity index (χ4v) is 3.04. The third-order valence-electron chi connectivity index (χ3n) is 3.73. The van der Waals surface area contributed by atoms with Gasteiger partial charge in [0.05, 0.1) is 18.7 Å². The van der Waals surface area contributed by atoms with Crippen LogP contribution in [0.5, 0.6) is 5.75 Å². The number of thiazole rings is 1. The SMILES string of the molecule is O=C(Cc1csc(NC(=O)c2ccc(F)cc2)n1)NCCOc1ccc(F)cc1. The molecular formula is C20H17F2N3O3S. The molecule has 6 nitrogen and oxygen atoms in total. The summed E-state index contributed by atoms with van der Waals surface area (Å²) in [6.45, 7) is 0.530. The van der Waals surface area contributed by atoms with E-state index in [0.29, 0.717) is 22.1 Å². The maximum Gasteiger partial charge on any atom is 0.257 e. The molecule has 2 amide bonds. The first kappa shape index (κ1) is 20.4. The minimum Gasteiger partial charge on any atom is -0.492 e. The van der Waals surface area contributed by atoms with Gasteiger partial charge in [0, 0.05) is 10.9 Å². The van der Waals surface area contributed by atoms with Crippen molar-refractivity contribution in [2.24, 2.45) is 0 Å². The Bertz CT molecular complexity index is 975. The molecule has 0 unspecified atom stereocenters. The number of nitrogens with zero attached hydrogens (tertiary/aromatic N) is 1. The van der Waals surface area contributed by atoms with E-state index >= 15 is 0 Å². The van der Waals surface area contributed by atoms with Gasteiger partial charge < -0.3 is 10.1 Å². The fourth-order valence-electron chi connectivity index (χ4n) is 2.33. The van der Waals surface area contributed by atoms with Gasteiger partial charge in [-0.3, -0.25) is 14.9 Å². The maximum absolute atomic E-state index is 12.9. The van der Waals surface area contributed by atoms with Crippen LogP contribution in [0.2, 0.25) is 0 Å². The van der Waals surface area contributed by atoms with Crippen LogP contribution < -0.4 is 15.4 Å². The minimum atomic E-state index is -0.424. The van der Waals surface area contributed by atoms with Crippen LogP contribution in [-0.4, -0.2) is 29.9 Å². The average molecular weight is 417 g/mol. The number of nitrogens with one attached hydrogen (secondary N) is 2. The molecule has 9 heteroatoms. The summed E-state index contributed by atoms with van der Waals surface area (Å²) in [7, 11) is 0. The van der Waals surface area contributed by atoms with Crippen LogP contribution in [-0.2, 0) is 11.2 Å². The van der Waals surface area contributed by atoms with Crippen LogP contribution in [0, 0.1) is 11.6 Å². The highest BCUT2D eigenvalue weighted by Crippen LogP contribution is 2.17. The molecule has 1 aromatic heterocycles. The molecule has 2 aromatic carbocycles. The molecule has 3 aromatic rings. The van der Waals surface area contributed by atoms with E-state index in [-0.39, 0.29) is 31.3 Å². The van der Waals surface area contributed by atoms with Gasteiger partial charge in [0.2, 0.25) is 5.91 Å². The van der Waals surface area contributed by atoms with Crippen molar-refractivity contribution < 1.29 is 23.1 Å². The molecule has 0 saturated heterocycles. The van der Waals surface area contributed by atoms with E-state index in [1.165, 1.54) is 59.9 Å². The number of rotatable bonds is 8. The van der Waals surface area contributed by atoms with Crippen LogP contribution >= 0.6 is 11.3 Å². The molecule has 29 heavy (non-hydrogen) atoms. The molecule has 0 aliphatic heterocycles. The first-order valence-corrected chi connectivity index (χ1v) is 9.54. The van der Waals surface area contributed by atoms with Gasteiger partial charge in [0.15, 0.2) is 5.13 Å². The summed E-state index contributed by atoms with van der Waals surface area (Å²) < 4.78 is 31.1. The Morgan fingerprint density at radius 1 is 1.00 bits per heavy atom. The van der Waals surface area contributed by atoms with Gasteiger partial charge in [-0.25, -0.2) is 13.8 Å². The van der Waals surface area contributed by atoms with Gasteiger partial charge in [-0.15, -0.1) is 11.3 Å². The van der Waals surface area contributed by atoms with E-state index in [0.717, 1.165) is 0 Å². The lowest BCUT2D eigenvalue weighted by Gasteiger charge is -2.07. The zero-order valence-corrected chi connectivity index (χ0v) is 16.0. The molecule has 0 spiro atoms. The number of anilines is 1. The van der Waals surface area contributed by atoms with Gasteiger partial charge in [0.25, 0.3) is 5.91 Å². The average Bonchev–Trinajstić information content (AvgIpc) is 3.13. The predicted octanol–water partition coefficient (Wildman–Crippen LogP) is 3.41. The number of carbonyl (C=O) groups is 2. The van der Waals surface area contributed by atoms with Gasteiger partial charge in [-0.05, 0) is 48.5 Å². The number of hydrogen-bond donors (Lipinski definition) is 2. The topological polar surface area (TPSA) is 80.3 Å². The fraction of sp³-hybridized carbons (Fsp3) is 0.150. The van der Waals surface area contributed by atoms with Crippen LogP contribution in [0.4, 0.5) is 13.9 Å². The predicted molar refractivity (Wildman–Crippen MR) is 105 cm³/mol. The lowest BCUT2D eigenvalue weighted by Crippen LogP contribution is -2.29. The standard InChI is InChI=1S/C20H17F2N3O3S/c21-14-3-1-13(2-4-14)19(27)25-20-24-16(12-29-20)11-18(26)23-9-10-28-17-7-5-15(22)6-8-17/h1-8,12H,9-11H2,(H,23,26)(H,24,25,27). The van der Waals surface area contributed by atoms with Crippen molar-refractivity contribution in [2.75, 3.05) is 18.5 Å². The van der Waals surface area contributed by atoms with Crippen LogP contribution in [0.3, 0.4) is 0 Å². The van der Waals surface area contributed by atoms with E-state index in [2.05, 4.69) is 15.6 Å². The molecule has 0 atom stereocenters. The lowest BCUT2D eigenvalue weighted by atomic mass is 10.2. The molecule has 2 N–H and O–H groups in total. The van der Waals surface area contributed by atoms with Gasteiger partial charge in [-0.2, -0.15) is 0 Å². The molecule has 3 rings (SSSR count). The quantitative estimate of drug-likeness (QED) is 0.551. The number of hydrogen-bond acceptors (Lipinski definition) is 5. The van der Waals surface area contributed by atoms with Crippen LogP contribution in [0.1, 0.15) is 16.1 Å². The normalized spacial score (nSPS) is 10.4. The van der Waals surface area contributed by atoms with E-state index in [1.54, 1.807) is 5.38 Å². The summed E-state index contributed by atoms with van der Waals surface area (Å²) in [6, 6.07) is 10.8. The smallest absolute Gasteiger partial charge is 0.257 e. The summed E-state index contributed by atoms with van der Waals surface area (Å²) in [5, 5.41) is 7.34. The summed E-state index contributed by atoms with van der Waals surface area (Å²) in [5.41, 5.74) is 0.823. The highest BCUT2D eigenvalue weighted by molar-refractivity contribution is 7.14. The molecule has 0 fully saturated rings. The van der Waals surface area contributed by atoms with E-state index in [1.807, 2.05) is 0 Å². The number of benzene rings is 2. The van der Waals surface area contributed by atoms with Crippen molar-refractivity contribution in [2.45, 2.75) is 6.42 Å². The summed E-state index contributed by atoms with van der Waals surface area (Å²) >= 11 is 1.19. The van der Waals surface area contributed by atoms with Gasteiger partial charge >= 0.3 is 0 Å². The molecule has 0 bridgehead atoms. The van der Waals surface area contributed by atoms with E-state index < -0.39 is 11.7 Å². The minimum absolute atomic E-state index is 0.0550. The first-order chi connectivity index (χ1) is 14.0. The van der Waals surface area contributed by atoms with Crippen molar-refractivity contribution in [3.8, 4) is 5.75 Å². The maximum atomic E-state index is 12.9. The van der Waals surface area contributed by atoms with E-state index in [4.69, 9.17) is 4.74 Å². The zero-order valence-electron chi connectivity index (χ0n) is 15.2. The Labute approximate surface area is 169 Å². The van der Waals surface area contributed by atoms with Crippen LogP contribution in [0.25, 0.3) is 0 Å². The van der Waals surface area contributed by atoms with Gasteiger partial charge in [-0.1, -0.05) is 0 Å². The Balaban J connectivity index is 1.40. The highest BCUT2D eigenvalue weighted by atomic mass is 32.1. The second kappa shape index (κ2) is 9.74. The molecule has 0 saturated carbocycles. The number of amides is 2. The summed E-state index contributed by atoms with van der Waals surface area (Å²) in [5.74, 6) is -0.904. The molecule has 150 valence electrons. The Hall–Kier alpha value is -3.33. The number of carbonyl (C=O) groups excluding carboxylic acids is 2. The Morgan fingerprint density at radius 3 is 2.34 bits per heavy atom. The van der Waals surface area contributed by atoms with Crippen molar-refractivity contribution in [1.82, 2.24) is 10.3 Å². The third-order valence-corrected chi connectivity index (χ3v) is 4.53. The first-order valence-electron chi connectivity index (χ1n) is 8.66. The Morgan fingerprint density at radius 2 is 1.66 bits per heavy atom. The van der Waals surface area contributed by atoms with Crippen molar-refractivity contribution in [3.63, 3.8) is 0 Å². The zero-order chi connectivity index (χ0) is 20.6. The highest BCUT2D eigenvalue weighted by Gasteiger charge is 2.11. The lowest BCUT2D eigenvalue weighted by molar-refractivity contribution is -0.120. The monoisotopic (exact) mass is 417 g/mol. The second-order valence-electron chi connectivity index (χ2n) is 5.93. The molecule has 0 aliphatic carbocycles. The largest absolute Gasteiger partial charge is 0.492 e. The number of halogens is 2. The molecule has 0 aliphatic rings. The number of ether oxygens (including phenoxy) is 1. The van der Waals surface area contributed by atoms with Gasteiger partial charge in [0.1, 0.15) is 24.0 Å². The van der Waals surface area contributed by atoms with Crippen molar-refractivity contribution in [1.29, 1.82) is 0 Å². The second-order valence-corrected chi connectivity index (χ2v) is 6.79. The van der Waals surface area contributed by atoms with Crippen molar-refractivity contribution >= 4 is 28.3 Å².